The van der Waals surface area contributed by atoms with Gasteiger partial charge in [-0.25, -0.2) is 0 Å². The van der Waals surface area contributed by atoms with Gasteiger partial charge < -0.3 is 9.73 Å². The lowest BCUT2D eigenvalue weighted by Gasteiger charge is -2.20. The number of benzene rings is 2. The number of anilines is 1. The number of nitriles is 1. The zero-order valence-corrected chi connectivity index (χ0v) is 17.7. The number of hydrogen-bond donors (Lipinski definition) is 1. The van der Waals surface area contributed by atoms with Crippen molar-refractivity contribution in [1.29, 1.82) is 5.26 Å². The second-order valence-corrected chi connectivity index (χ2v) is 8.08. The molecule has 7 heteroatoms. The van der Waals surface area contributed by atoms with E-state index >= 15 is 0 Å². The van der Waals surface area contributed by atoms with Crippen LogP contribution in [0.25, 0.3) is 17.4 Å². The Morgan fingerprint density at radius 3 is 2.45 bits per heavy atom. The van der Waals surface area contributed by atoms with Gasteiger partial charge in [0.25, 0.3) is 0 Å². The van der Waals surface area contributed by atoms with Gasteiger partial charge in [-0.15, -0.1) is 0 Å². The average Bonchev–Trinajstić information content (AvgIpc) is 3.48. The quantitative estimate of drug-likeness (QED) is 0.428. The molecule has 4 nitrogen and oxygen atoms in total. The lowest BCUT2D eigenvalue weighted by molar-refractivity contribution is -0.137. The van der Waals surface area contributed by atoms with Crippen LogP contribution in [0, 0.1) is 11.3 Å². The van der Waals surface area contributed by atoms with Crippen LogP contribution < -0.4 is 5.32 Å². The van der Waals surface area contributed by atoms with Crippen LogP contribution in [-0.4, -0.2) is 5.91 Å². The number of carbonyl (C=O) groups is 1. The maximum atomic E-state index is 12.9. The fourth-order valence-corrected chi connectivity index (χ4v) is 4.10. The van der Waals surface area contributed by atoms with Crippen LogP contribution in [0.15, 0.2) is 71.2 Å². The molecule has 1 aliphatic rings. The Balaban J connectivity index is 1.40. The van der Waals surface area contributed by atoms with Gasteiger partial charge >= 0.3 is 6.18 Å². The van der Waals surface area contributed by atoms with Crippen molar-refractivity contribution in [2.24, 2.45) is 0 Å². The summed E-state index contributed by atoms with van der Waals surface area (Å²) in [5, 5.41) is 12.3. The summed E-state index contributed by atoms with van der Waals surface area (Å²) >= 11 is 0. The molecule has 0 unspecified atom stereocenters. The number of halogens is 3. The Morgan fingerprint density at radius 1 is 1.06 bits per heavy atom. The van der Waals surface area contributed by atoms with E-state index in [1.807, 2.05) is 12.1 Å². The molecule has 1 fully saturated rings. The van der Waals surface area contributed by atoms with E-state index in [-0.39, 0.29) is 11.7 Å². The van der Waals surface area contributed by atoms with E-state index in [0.29, 0.717) is 17.0 Å². The van der Waals surface area contributed by atoms with E-state index in [1.165, 1.54) is 24.3 Å². The van der Waals surface area contributed by atoms with Gasteiger partial charge in [-0.1, -0.05) is 37.1 Å². The average molecular weight is 450 g/mol. The van der Waals surface area contributed by atoms with Crippen LogP contribution in [0.4, 0.5) is 18.9 Å². The number of alkyl halides is 3. The monoisotopic (exact) mass is 450 g/mol. The Bertz CT molecular complexity index is 1210. The molecule has 4 rings (SSSR count). The van der Waals surface area contributed by atoms with E-state index in [4.69, 9.17) is 4.42 Å². The molecular formula is C26H21F3N2O2. The first-order valence-corrected chi connectivity index (χ1v) is 10.6. The van der Waals surface area contributed by atoms with Crippen LogP contribution in [0.2, 0.25) is 0 Å². The maximum absolute atomic E-state index is 12.9. The van der Waals surface area contributed by atoms with E-state index in [2.05, 4.69) is 11.4 Å². The minimum absolute atomic E-state index is 0.273. The van der Waals surface area contributed by atoms with Crippen LogP contribution in [0.3, 0.4) is 0 Å². The van der Waals surface area contributed by atoms with Gasteiger partial charge in [0.15, 0.2) is 0 Å². The fourth-order valence-electron chi connectivity index (χ4n) is 4.10. The number of rotatable bonds is 5. The van der Waals surface area contributed by atoms with E-state index in [9.17, 15) is 23.2 Å². The van der Waals surface area contributed by atoms with Crippen molar-refractivity contribution in [3.63, 3.8) is 0 Å². The number of carbonyl (C=O) groups excluding carboxylic acids is 1. The molecular weight excluding hydrogens is 429 g/mol. The Labute approximate surface area is 189 Å². The molecule has 168 valence electrons. The summed E-state index contributed by atoms with van der Waals surface area (Å²) < 4.78 is 44.3. The van der Waals surface area contributed by atoms with Crippen LogP contribution >= 0.6 is 0 Å². The first kappa shape index (κ1) is 22.4. The van der Waals surface area contributed by atoms with Crippen molar-refractivity contribution >= 4 is 17.7 Å². The lowest BCUT2D eigenvalue weighted by Crippen LogP contribution is -2.19. The highest BCUT2D eigenvalue weighted by atomic mass is 19.4. The molecule has 0 spiro atoms. The number of hydrogen-bond acceptors (Lipinski definition) is 3. The number of nitrogens with one attached hydrogen (secondary N) is 1. The summed E-state index contributed by atoms with van der Waals surface area (Å²) in [6, 6.07) is 17.8. The normalized spacial score (nSPS) is 15.5. The lowest BCUT2D eigenvalue weighted by atomic mass is 9.80. The topological polar surface area (TPSA) is 66.0 Å². The smallest absolute Gasteiger partial charge is 0.416 e. The van der Waals surface area contributed by atoms with Crippen molar-refractivity contribution in [2.45, 2.75) is 37.3 Å². The van der Waals surface area contributed by atoms with E-state index in [0.717, 1.165) is 43.4 Å². The van der Waals surface area contributed by atoms with Crippen molar-refractivity contribution in [1.82, 2.24) is 0 Å². The molecule has 1 N–H and O–H groups in total. The number of amides is 1. The molecule has 2 aromatic carbocycles. The van der Waals surface area contributed by atoms with Crippen LogP contribution in [-0.2, 0) is 16.4 Å². The van der Waals surface area contributed by atoms with Gasteiger partial charge in [-0.2, -0.15) is 18.4 Å². The summed E-state index contributed by atoms with van der Waals surface area (Å²) in [4.78, 5) is 12.3. The highest BCUT2D eigenvalue weighted by Crippen LogP contribution is 2.40. The molecule has 3 aromatic rings. The minimum Gasteiger partial charge on any atom is -0.457 e. The number of nitrogens with zero attached hydrogens (tertiary/aromatic N) is 1. The first-order valence-electron chi connectivity index (χ1n) is 10.6. The van der Waals surface area contributed by atoms with Crippen molar-refractivity contribution < 1.29 is 22.4 Å². The van der Waals surface area contributed by atoms with Crippen molar-refractivity contribution in [3.05, 3.63) is 83.6 Å². The van der Waals surface area contributed by atoms with Gasteiger partial charge in [-0.05, 0) is 60.9 Å². The molecule has 1 saturated carbocycles. The molecule has 0 bridgehead atoms. The Morgan fingerprint density at radius 2 is 1.79 bits per heavy atom. The highest BCUT2D eigenvalue weighted by molar-refractivity contribution is 6.01. The molecule has 0 atom stereocenters. The largest absolute Gasteiger partial charge is 0.457 e. The third kappa shape index (κ3) is 5.01. The Kier molecular flexibility index (Phi) is 6.10. The summed E-state index contributed by atoms with van der Waals surface area (Å²) in [6.07, 6.45) is 2.08. The fraction of sp³-hybridized carbons (Fsp3) is 0.231. The van der Waals surface area contributed by atoms with Gasteiger partial charge in [0.2, 0.25) is 5.91 Å². The standard InChI is InChI=1S/C26H21F3N2O2/c27-26(28,29)20-5-3-4-18(16-20)23-12-10-22(33-23)11-13-24(32)31-21-8-6-19(7-9-21)25(17-30)14-1-2-15-25/h3-13,16H,1-2,14-15H2,(H,31,32)/b13-11+. The molecule has 0 aliphatic heterocycles. The van der Waals surface area contributed by atoms with Gasteiger partial charge in [0, 0.05) is 17.3 Å². The third-order valence-corrected chi connectivity index (χ3v) is 5.88. The first-order chi connectivity index (χ1) is 15.8. The third-order valence-electron chi connectivity index (χ3n) is 5.88. The molecule has 0 radical (unpaired) electrons. The maximum Gasteiger partial charge on any atom is 0.416 e. The van der Waals surface area contributed by atoms with E-state index in [1.54, 1.807) is 24.3 Å². The summed E-state index contributed by atoms with van der Waals surface area (Å²) in [6.45, 7) is 0. The predicted octanol–water partition coefficient (Wildman–Crippen LogP) is 6.95. The van der Waals surface area contributed by atoms with Crippen LogP contribution in [0.5, 0.6) is 0 Å². The molecule has 1 aromatic heterocycles. The molecule has 33 heavy (non-hydrogen) atoms. The molecule has 1 heterocycles. The highest BCUT2D eigenvalue weighted by Gasteiger charge is 2.35. The second-order valence-electron chi connectivity index (χ2n) is 8.08. The predicted molar refractivity (Wildman–Crippen MR) is 119 cm³/mol. The molecule has 0 saturated heterocycles. The molecule has 1 aliphatic carbocycles. The SMILES string of the molecule is N#CC1(c2ccc(NC(=O)/C=C/c3ccc(-c4cccc(C(F)(F)F)c4)o3)cc2)CCCC1. The summed E-state index contributed by atoms with van der Waals surface area (Å²) in [5.41, 5.74) is 0.676. The minimum atomic E-state index is -4.44. The summed E-state index contributed by atoms with van der Waals surface area (Å²) in [5.74, 6) is 0.232. The second kappa shape index (κ2) is 8.99. The zero-order chi connectivity index (χ0) is 23.5. The van der Waals surface area contributed by atoms with Gasteiger partial charge in [0.05, 0.1) is 17.0 Å². The van der Waals surface area contributed by atoms with Crippen molar-refractivity contribution in [3.8, 4) is 17.4 Å². The van der Waals surface area contributed by atoms with Crippen LogP contribution in [0.1, 0.15) is 42.6 Å². The zero-order valence-electron chi connectivity index (χ0n) is 17.7. The summed E-state index contributed by atoms with van der Waals surface area (Å²) in [7, 11) is 0. The Hall–Kier alpha value is -3.79. The van der Waals surface area contributed by atoms with Gasteiger partial charge in [0.1, 0.15) is 11.5 Å². The molecule has 1 amide bonds. The number of furan rings is 1. The van der Waals surface area contributed by atoms with Crippen molar-refractivity contribution in [2.75, 3.05) is 5.32 Å². The van der Waals surface area contributed by atoms with E-state index < -0.39 is 17.2 Å². The van der Waals surface area contributed by atoms with Gasteiger partial charge in [-0.3, -0.25) is 4.79 Å².